The Hall–Kier alpha value is -0.660. The summed E-state index contributed by atoms with van der Waals surface area (Å²) >= 11 is 7.39. The molecule has 0 atom stereocenters. The topological polar surface area (TPSA) is 43.0 Å². The summed E-state index contributed by atoms with van der Waals surface area (Å²) in [6.07, 6.45) is 28.1. The molecule has 7 heteroatoms. The van der Waals surface area contributed by atoms with Gasteiger partial charge in [-0.05, 0) is 44.7 Å². The Morgan fingerprint density at radius 1 is 0.622 bits per heavy atom. The molecule has 0 bridgehead atoms. The smallest absolute Gasteiger partial charge is 0.195 e. The van der Waals surface area contributed by atoms with E-state index in [1.54, 1.807) is 5.06 Å². The van der Waals surface area contributed by atoms with Gasteiger partial charge in [-0.25, -0.2) is 5.48 Å². The van der Waals surface area contributed by atoms with Gasteiger partial charge in [0, 0.05) is 0 Å². The standard InChI is InChI=1S/C30H52Br2N2O3/c1-3-5-7-9-11-13-15-17-19-21-23-35-28-27(31)26-25-33-37-34(26)30(32)29(28)36-24-22-20-18-16-14-12-10-8-6-4-2/h25,33H,3-24H2,1-2H3. The zero-order valence-corrected chi connectivity index (χ0v) is 26.7. The van der Waals surface area contributed by atoms with Gasteiger partial charge in [0.15, 0.2) is 16.1 Å². The maximum Gasteiger partial charge on any atom is 0.195 e. The van der Waals surface area contributed by atoms with Crippen LogP contribution < -0.4 is 5.48 Å². The van der Waals surface area contributed by atoms with E-state index in [9.17, 15) is 0 Å². The number of unbranched alkanes of at least 4 members (excludes halogenated alkanes) is 18. The molecular formula is C30H52Br2N2O3. The van der Waals surface area contributed by atoms with Crippen molar-refractivity contribution < 1.29 is 14.4 Å². The minimum Gasteiger partial charge on any atom is -0.488 e. The first-order valence-electron chi connectivity index (χ1n) is 15.2. The van der Waals surface area contributed by atoms with E-state index >= 15 is 0 Å². The van der Waals surface area contributed by atoms with Gasteiger partial charge in [0.05, 0.1) is 23.9 Å². The molecule has 0 saturated carbocycles. The van der Waals surface area contributed by atoms with Crippen LogP contribution in [-0.4, -0.2) is 18.3 Å². The molecule has 0 saturated heterocycles. The van der Waals surface area contributed by atoms with E-state index in [2.05, 4.69) is 51.2 Å². The molecule has 0 unspecified atom stereocenters. The average Bonchev–Trinajstić information content (AvgIpc) is 3.40. The quantitative estimate of drug-likeness (QED) is 0.0834. The predicted molar refractivity (Wildman–Crippen MR) is 162 cm³/mol. The van der Waals surface area contributed by atoms with Crippen molar-refractivity contribution >= 4 is 31.9 Å². The van der Waals surface area contributed by atoms with E-state index in [0.29, 0.717) is 19.0 Å². The van der Waals surface area contributed by atoms with Crippen molar-refractivity contribution in [2.75, 3.05) is 13.2 Å². The third kappa shape index (κ3) is 12.8. The summed E-state index contributed by atoms with van der Waals surface area (Å²) in [5.74, 6) is 1.46. The first-order valence-corrected chi connectivity index (χ1v) is 16.8. The lowest BCUT2D eigenvalue weighted by molar-refractivity contribution is -0.119. The van der Waals surface area contributed by atoms with E-state index in [1.807, 2.05) is 6.20 Å². The van der Waals surface area contributed by atoms with Crippen molar-refractivity contribution in [2.45, 2.75) is 142 Å². The highest BCUT2D eigenvalue weighted by molar-refractivity contribution is 9.12. The molecule has 0 amide bonds. The fraction of sp³-hybridized carbons (Fsp3) is 0.800. The number of fused-ring (bicyclic) bond motifs is 1. The maximum absolute atomic E-state index is 6.28. The van der Waals surface area contributed by atoms with Crippen LogP contribution >= 0.6 is 31.9 Å². The van der Waals surface area contributed by atoms with E-state index in [-0.39, 0.29) is 0 Å². The molecule has 0 aromatic heterocycles. The van der Waals surface area contributed by atoms with Crippen LogP contribution in [0.25, 0.3) is 0 Å². The highest BCUT2D eigenvalue weighted by atomic mass is 79.9. The minimum atomic E-state index is 0.673. The first-order chi connectivity index (χ1) is 18.2. The van der Waals surface area contributed by atoms with Crippen LogP contribution in [0.5, 0.6) is 0 Å². The summed E-state index contributed by atoms with van der Waals surface area (Å²) in [7, 11) is 0. The van der Waals surface area contributed by atoms with Gasteiger partial charge in [0.1, 0.15) is 5.70 Å². The molecular weight excluding hydrogens is 596 g/mol. The summed E-state index contributed by atoms with van der Waals surface area (Å²) in [5, 5.41) is 1.69. The Bertz CT molecular complexity index is 709. The maximum atomic E-state index is 6.28. The van der Waals surface area contributed by atoms with Crippen molar-refractivity contribution in [1.82, 2.24) is 10.5 Å². The van der Waals surface area contributed by atoms with Crippen molar-refractivity contribution in [1.29, 1.82) is 0 Å². The number of rotatable bonds is 24. The summed E-state index contributed by atoms with van der Waals surface area (Å²) in [4.78, 5) is 5.52. The van der Waals surface area contributed by atoms with Crippen LogP contribution in [0.2, 0.25) is 0 Å². The van der Waals surface area contributed by atoms with Crippen molar-refractivity contribution in [3.05, 3.63) is 32.5 Å². The van der Waals surface area contributed by atoms with Crippen LogP contribution in [-0.2, 0) is 14.4 Å². The Morgan fingerprint density at radius 3 is 1.49 bits per heavy atom. The van der Waals surface area contributed by atoms with Gasteiger partial charge in [-0.15, -0.1) is 0 Å². The lowest BCUT2D eigenvalue weighted by Crippen LogP contribution is -2.25. The molecule has 2 aliphatic rings. The number of nitrogens with one attached hydrogen (secondary N) is 1. The molecule has 0 aromatic carbocycles. The fourth-order valence-corrected chi connectivity index (χ4v) is 5.85. The average molecular weight is 649 g/mol. The van der Waals surface area contributed by atoms with Gasteiger partial charge in [-0.1, -0.05) is 129 Å². The zero-order chi connectivity index (χ0) is 26.6. The number of halogens is 2. The molecule has 2 aliphatic heterocycles. The number of hydroxylamine groups is 3. The lowest BCUT2D eigenvalue weighted by Gasteiger charge is -2.28. The monoisotopic (exact) mass is 646 g/mol. The molecule has 0 aliphatic carbocycles. The van der Waals surface area contributed by atoms with E-state index in [1.165, 1.54) is 116 Å². The molecule has 214 valence electrons. The summed E-state index contributed by atoms with van der Waals surface area (Å²) in [5.41, 5.74) is 3.69. The second-order valence-electron chi connectivity index (χ2n) is 10.4. The number of nitrogens with zero attached hydrogens (tertiary/aromatic N) is 1. The Balaban J connectivity index is 1.67. The van der Waals surface area contributed by atoms with Crippen LogP contribution in [0.15, 0.2) is 32.5 Å². The van der Waals surface area contributed by atoms with Crippen LogP contribution in [0.3, 0.4) is 0 Å². The number of allylic oxidation sites excluding steroid dienone is 1. The molecule has 1 N–H and O–H groups in total. The lowest BCUT2D eigenvalue weighted by atomic mass is 10.1. The summed E-state index contributed by atoms with van der Waals surface area (Å²) in [6.45, 7) is 5.91. The second-order valence-corrected chi connectivity index (χ2v) is 11.9. The molecule has 0 radical (unpaired) electrons. The normalized spacial score (nSPS) is 15.2. The van der Waals surface area contributed by atoms with Gasteiger partial charge in [-0.3, -0.25) is 0 Å². The molecule has 5 nitrogen and oxygen atoms in total. The fourth-order valence-electron chi connectivity index (χ4n) is 4.72. The Kier molecular flexibility index (Phi) is 18.6. The Morgan fingerprint density at radius 2 is 1.03 bits per heavy atom. The van der Waals surface area contributed by atoms with E-state index in [4.69, 9.17) is 14.4 Å². The van der Waals surface area contributed by atoms with Gasteiger partial charge in [0.25, 0.3) is 0 Å². The van der Waals surface area contributed by atoms with E-state index in [0.717, 1.165) is 33.4 Å². The minimum absolute atomic E-state index is 0.673. The molecule has 0 fully saturated rings. The molecule has 2 rings (SSSR count). The molecule has 2 heterocycles. The van der Waals surface area contributed by atoms with Crippen LogP contribution in [0.1, 0.15) is 142 Å². The molecule has 0 spiro atoms. The van der Waals surface area contributed by atoms with E-state index < -0.39 is 0 Å². The third-order valence-corrected chi connectivity index (χ3v) is 8.49. The number of hydrogen-bond donors (Lipinski definition) is 1. The second kappa shape index (κ2) is 21.2. The van der Waals surface area contributed by atoms with Crippen molar-refractivity contribution in [2.24, 2.45) is 0 Å². The third-order valence-electron chi connectivity index (χ3n) is 7.04. The Labute approximate surface area is 244 Å². The van der Waals surface area contributed by atoms with Crippen LogP contribution in [0, 0.1) is 0 Å². The van der Waals surface area contributed by atoms with Gasteiger partial charge in [0.2, 0.25) is 0 Å². The van der Waals surface area contributed by atoms with Gasteiger partial charge >= 0.3 is 0 Å². The number of hydrogen-bond acceptors (Lipinski definition) is 5. The summed E-state index contributed by atoms with van der Waals surface area (Å²) < 4.78 is 14.1. The highest BCUT2D eigenvalue weighted by Crippen LogP contribution is 2.42. The largest absolute Gasteiger partial charge is 0.488 e. The SMILES string of the molecule is CCCCCCCCCCCCOC1=C(Br)C2=CNON2C(Br)=C1OCCCCCCCCCCCC. The van der Waals surface area contributed by atoms with Crippen LogP contribution in [0.4, 0.5) is 0 Å². The number of ether oxygens (including phenoxy) is 2. The van der Waals surface area contributed by atoms with Crippen molar-refractivity contribution in [3.63, 3.8) is 0 Å². The zero-order valence-electron chi connectivity index (χ0n) is 23.6. The van der Waals surface area contributed by atoms with Gasteiger partial charge < -0.3 is 9.47 Å². The molecule has 0 aromatic rings. The molecule has 37 heavy (non-hydrogen) atoms. The van der Waals surface area contributed by atoms with Gasteiger partial charge in [-0.2, -0.15) is 10.0 Å². The van der Waals surface area contributed by atoms with Crippen molar-refractivity contribution in [3.8, 4) is 0 Å². The highest BCUT2D eigenvalue weighted by Gasteiger charge is 2.35. The summed E-state index contributed by atoms with van der Waals surface area (Å²) in [6, 6.07) is 0. The predicted octanol–water partition coefficient (Wildman–Crippen LogP) is 10.6. The first kappa shape index (κ1) is 32.6.